The van der Waals surface area contributed by atoms with Crippen LogP contribution in [0.3, 0.4) is 0 Å². The first kappa shape index (κ1) is 14.6. The molecular weight excluding hydrogens is 306 g/mol. The Hall–Kier alpha value is -2.96. The number of nitrogens with one attached hydrogen (secondary N) is 2. The maximum absolute atomic E-state index is 12.6. The van der Waals surface area contributed by atoms with E-state index in [0.29, 0.717) is 19.0 Å². The highest BCUT2D eigenvalue weighted by Gasteiger charge is 2.33. The van der Waals surface area contributed by atoms with Crippen LogP contribution in [-0.2, 0) is 6.42 Å². The van der Waals surface area contributed by atoms with E-state index < -0.39 is 0 Å². The second-order valence-corrected chi connectivity index (χ2v) is 6.29. The van der Waals surface area contributed by atoms with Gasteiger partial charge in [0.15, 0.2) is 5.65 Å². The minimum Gasteiger partial charge on any atom is -0.337 e. The number of fused-ring (bicyclic) bond motifs is 1. The van der Waals surface area contributed by atoms with Gasteiger partial charge < -0.3 is 9.88 Å². The number of amides is 1. The van der Waals surface area contributed by atoms with Gasteiger partial charge in [0.1, 0.15) is 11.1 Å². The zero-order valence-electron chi connectivity index (χ0n) is 13.2. The number of carbonyl (C=O) groups is 1. The Bertz CT molecular complexity index is 951. The number of aryl methyl sites for hydroxylation is 1. The van der Waals surface area contributed by atoms with E-state index in [4.69, 9.17) is 0 Å². The second-order valence-electron chi connectivity index (χ2n) is 6.29. The van der Waals surface area contributed by atoms with Crippen molar-refractivity contribution in [3.8, 4) is 0 Å². The van der Waals surface area contributed by atoms with Crippen LogP contribution >= 0.6 is 0 Å². The summed E-state index contributed by atoms with van der Waals surface area (Å²) in [6, 6.07) is 8.47. The van der Waals surface area contributed by atoms with Gasteiger partial charge in [0.05, 0.1) is 6.33 Å². The van der Waals surface area contributed by atoms with Crippen molar-refractivity contribution in [1.29, 1.82) is 0 Å². The lowest BCUT2D eigenvalue weighted by molar-refractivity contribution is 0.0497. The van der Waals surface area contributed by atoms with Crippen molar-refractivity contribution in [2.75, 3.05) is 13.1 Å². The van der Waals surface area contributed by atoms with Crippen molar-refractivity contribution in [2.24, 2.45) is 5.92 Å². The molecule has 0 atom stereocenters. The third kappa shape index (κ3) is 2.47. The molecule has 2 N–H and O–H groups in total. The highest BCUT2D eigenvalue weighted by atomic mass is 16.2. The molecule has 0 radical (unpaired) electrons. The maximum atomic E-state index is 12.6. The van der Waals surface area contributed by atoms with Crippen LogP contribution in [0.2, 0.25) is 0 Å². The molecule has 122 valence electrons. The van der Waals surface area contributed by atoms with E-state index in [0.717, 1.165) is 6.42 Å². The van der Waals surface area contributed by atoms with Gasteiger partial charge in [0.2, 0.25) is 0 Å². The van der Waals surface area contributed by atoms with Crippen LogP contribution in [0.1, 0.15) is 21.6 Å². The van der Waals surface area contributed by atoms with Crippen LogP contribution in [0, 0.1) is 12.8 Å². The molecule has 3 aromatic rings. The first-order valence-corrected chi connectivity index (χ1v) is 7.88. The summed E-state index contributed by atoms with van der Waals surface area (Å²) in [6.45, 7) is 3.44. The van der Waals surface area contributed by atoms with Gasteiger partial charge in [-0.2, -0.15) is 5.10 Å². The summed E-state index contributed by atoms with van der Waals surface area (Å²) < 4.78 is 0. The zero-order valence-corrected chi connectivity index (χ0v) is 13.2. The van der Waals surface area contributed by atoms with Gasteiger partial charge in [-0.05, 0) is 24.8 Å². The van der Waals surface area contributed by atoms with Crippen molar-refractivity contribution >= 4 is 16.9 Å². The lowest BCUT2D eigenvalue weighted by Crippen LogP contribution is -2.51. The molecule has 1 aliphatic heterocycles. The smallest absolute Gasteiger partial charge is 0.272 e. The van der Waals surface area contributed by atoms with Crippen LogP contribution < -0.4 is 5.56 Å². The zero-order chi connectivity index (χ0) is 16.7. The summed E-state index contributed by atoms with van der Waals surface area (Å²) in [5.74, 6) is 0.249. The molecule has 1 aromatic carbocycles. The fourth-order valence-corrected chi connectivity index (χ4v) is 3.10. The van der Waals surface area contributed by atoms with E-state index in [2.05, 4.69) is 51.4 Å². The number of H-pyrrole nitrogens is 2. The van der Waals surface area contributed by atoms with Gasteiger partial charge in [-0.25, -0.2) is 4.98 Å². The largest absolute Gasteiger partial charge is 0.337 e. The molecule has 24 heavy (non-hydrogen) atoms. The van der Waals surface area contributed by atoms with Crippen molar-refractivity contribution < 1.29 is 4.79 Å². The predicted octanol–water partition coefficient (Wildman–Crippen LogP) is 1.27. The van der Waals surface area contributed by atoms with Crippen LogP contribution in [-0.4, -0.2) is 44.1 Å². The Morgan fingerprint density at radius 2 is 2.04 bits per heavy atom. The molecule has 3 heterocycles. The van der Waals surface area contributed by atoms with Gasteiger partial charge in [-0.1, -0.05) is 29.8 Å². The molecule has 1 saturated heterocycles. The maximum Gasteiger partial charge on any atom is 0.272 e. The summed E-state index contributed by atoms with van der Waals surface area (Å²) in [5, 5.41) is 6.81. The van der Waals surface area contributed by atoms with E-state index in [1.54, 1.807) is 4.90 Å². The van der Waals surface area contributed by atoms with Crippen LogP contribution in [0.25, 0.3) is 11.0 Å². The number of hydrogen-bond acceptors (Lipinski definition) is 4. The molecule has 0 saturated carbocycles. The monoisotopic (exact) mass is 323 g/mol. The lowest BCUT2D eigenvalue weighted by atomic mass is 9.91. The van der Waals surface area contributed by atoms with Crippen LogP contribution in [0.4, 0.5) is 0 Å². The van der Waals surface area contributed by atoms with E-state index in [9.17, 15) is 9.59 Å². The summed E-state index contributed by atoms with van der Waals surface area (Å²) in [7, 11) is 0. The van der Waals surface area contributed by atoms with Crippen molar-refractivity contribution in [2.45, 2.75) is 13.3 Å². The average Bonchev–Trinajstić information content (AvgIpc) is 2.97. The third-order valence-corrected chi connectivity index (χ3v) is 4.46. The predicted molar refractivity (Wildman–Crippen MR) is 88.8 cm³/mol. The summed E-state index contributed by atoms with van der Waals surface area (Å²) in [6.07, 6.45) is 2.23. The van der Waals surface area contributed by atoms with E-state index >= 15 is 0 Å². The van der Waals surface area contributed by atoms with Crippen LogP contribution in [0.15, 0.2) is 35.4 Å². The molecule has 0 spiro atoms. The fourth-order valence-electron chi connectivity index (χ4n) is 3.10. The molecule has 0 bridgehead atoms. The Labute approximate surface area is 137 Å². The molecule has 1 aliphatic rings. The minimum atomic E-state index is -0.353. The molecular formula is C17H17N5O2. The van der Waals surface area contributed by atoms with Gasteiger partial charge in [0.25, 0.3) is 11.5 Å². The molecule has 7 heteroatoms. The minimum absolute atomic E-state index is 0.198. The summed E-state index contributed by atoms with van der Waals surface area (Å²) >= 11 is 0. The van der Waals surface area contributed by atoms with Gasteiger partial charge >= 0.3 is 0 Å². The number of nitrogens with zero attached hydrogens (tertiary/aromatic N) is 3. The SMILES string of the molecule is Cc1ccc(CC2CN(C(=O)c3[nH]nc4nc[nH]c(=O)c34)C2)cc1. The fraction of sp³-hybridized carbons (Fsp3) is 0.294. The molecule has 0 aliphatic carbocycles. The summed E-state index contributed by atoms with van der Waals surface area (Å²) in [4.78, 5) is 32.6. The highest BCUT2D eigenvalue weighted by molar-refractivity contribution is 6.03. The normalized spacial score (nSPS) is 14.8. The summed E-state index contributed by atoms with van der Waals surface area (Å²) in [5.41, 5.74) is 2.65. The van der Waals surface area contributed by atoms with E-state index in [1.807, 2.05) is 0 Å². The van der Waals surface area contributed by atoms with Gasteiger partial charge in [-0.15, -0.1) is 0 Å². The quantitative estimate of drug-likeness (QED) is 0.759. The third-order valence-electron chi connectivity index (χ3n) is 4.46. The molecule has 0 unspecified atom stereocenters. The first-order chi connectivity index (χ1) is 11.6. The number of rotatable bonds is 3. The van der Waals surface area contributed by atoms with Crippen LogP contribution in [0.5, 0.6) is 0 Å². The van der Waals surface area contributed by atoms with Crippen molar-refractivity contribution in [3.63, 3.8) is 0 Å². The molecule has 1 amide bonds. The number of carbonyl (C=O) groups excluding carboxylic acids is 1. The Morgan fingerprint density at radius 3 is 2.79 bits per heavy atom. The van der Waals surface area contributed by atoms with E-state index in [-0.39, 0.29) is 28.2 Å². The molecule has 1 fully saturated rings. The number of hydrogen-bond donors (Lipinski definition) is 2. The van der Waals surface area contributed by atoms with Gasteiger partial charge in [-0.3, -0.25) is 14.7 Å². The standard InChI is InChI=1S/C17H17N5O2/c1-10-2-4-11(5-3-10)6-12-7-22(8-12)17(24)14-13-15(21-20-14)18-9-19-16(13)23/h2-5,9,12H,6-8H2,1H3,(H2,18,19,20,21,23). The topological polar surface area (TPSA) is 94.7 Å². The highest BCUT2D eigenvalue weighted by Crippen LogP contribution is 2.23. The second kappa shape index (κ2) is 5.59. The first-order valence-electron chi connectivity index (χ1n) is 7.88. The van der Waals surface area contributed by atoms with Crippen molar-refractivity contribution in [3.05, 3.63) is 57.8 Å². The Balaban J connectivity index is 1.45. The Kier molecular flexibility index (Phi) is 3.41. The lowest BCUT2D eigenvalue weighted by Gasteiger charge is -2.39. The Morgan fingerprint density at radius 1 is 1.29 bits per heavy atom. The number of benzene rings is 1. The number of aromatic amines is 2. The van der Waals surface area contributed by atoms with E-state index in [1.165, 1.54) is 17.5 Å². The van der Waals surface area contributed by atoms with Gasteiger partial charge in [0, 0.05) is 13.1 Å². The molecule has 4 rings (SSSR count). The molecule has 2 aromatic heterocycles. The molecule has 7 nitrogen and oxygen atoms in total. The number of aromatic nitrogens is 4. The van der Waals surface area contributed by atoms with Crippen molar-refractivity contribution in [1.82, 2.24) is 25.1 Å². The average molecular weight is 323 g/mol. The number of likely N-dealkylation sites (tertiary alicyclic amines) is 1.